The predicted molar refractivity (Wildman–Crippen MR) is 77.9 cm³/mol. The molecular formula is C13H18BrClN2O. The smallest absolute Gasteiger partial charge is 0.0710 e. The second kappa shape index (κ2) is 6.35. The average Bonchev–Trinajstić information content (AvgIpc) is 2.81. The zero-order valence-corrected chi connectivity index (χ0v) is 12.7. The topological polar surface area (TPSA) is 38.5 Å². The summed E-state index contributed by atoms with van der Waals surface area (Å²) in [6, 6.07) is 6.10. The van der Waals surface area contributed by atoms with Crippen molar-refractivity contribution in [2.24, 2.45) is 5.73 Å². The maximum Gasteiger partial charge on any atom is 0.0710 e. The molecule has 0 saturated carbocycles. The quantitative estimate of drug-likeness (QED) is 0.921. The van der Waals surface area contributed by atoms with Gasteiger partial charge in [0.25, 0.3) is 0 Å². The minimum Gasteiger partial charge on any atom is -0.380 e. The number of hydrogen-bond acceptors (Lipinski definition) is 3. The van der Waals surface area contributed by atoms with Crippen LogP contribution in [0.4, 0.5) is 0 Å². The van der Waals surface area contributed by atoms with Crippen molar-refractivity contribution < 1.29 is 4.74 Å². The van der Waals surface area contributed by atoms with Crippen LogP contribution in [0.1, 0.15) is 18.0 Å². The Bertz CT molecular complexity index is 416. The monoisotopic (exact) mass is 332 g/mol. The molecule has 1 aliphatic heterocycles. The highest BCUT2D eigenvalue weighted by atomic mass is 79.9. The molecular weight excluding hydrogens is 316 g/mol. The summed E-state index contributed by atoms with van der Waals surface area (Å²) in [6.07, 6.45) is 1.39. The first kappa shape index (κ1) is 14.3. The molecule has 2 N–H and O–H groups in total. The second-order valence-electron chi connectivity index (χ2n) is 4.56. The Kier molecular flexibility index (Phi) is 5.04. The minimum absolute atomic E-state index is 0.219. The zero-order chi connectivity index (χ0) is 13.1. The Labute approximate surface area is 121 Å². The molecule has 2 rings (SSSR count). The van der Waals surface area contributed by atoms with Gasteiger partial charge in [0.15, 0.2) is 0 Å². The van der Waals surface area contributed by atoms with E-state index in [1.54, 1.807) is 7.11 Å². The van der Waals surface area contributed by atoms with E-state index in [-0.39, 0.29) is 6.04 Å². The fraction of sp³-hybridized carbons (Fsp3) is 0.538. The number of benzene rings is 1. The molecule has 18 heavy (non-hydrogen) atoms. The molecule has 1 aliphatic rings. The maximum absolute atomic E-state index is 5.98. The summed E-state index contributed by atoms with van der Waals surface area (Å²) in [7, 11) is 1.77. The minimum atomic E-state index is 0.219. The number of likely N-dealkylation sites (tertiary alicyclic amines) is 1. The lowest BCUT2D eigenvalue weighted by molar-refractivity contribution is 0.101. The number of rotatable bonds is 4. The van der Waals surface area contributed by atoms with Gasteiger partial charge in [-0.1, -0.05) is 33.6 Å². The van der Waals surface area contributed by atoms with Crippen molar-refractivity contribution in [3.63, 3.8) is 0 Å². The van der Waals surface area contributed by atoms with E-state index in [4.69, 9.17) is 22.1 Å². The van der Waals surface area contributed by atoms with Crippen LogP contribution in [0.5, 0.6) is 0 Å². The molecule has 1 aromatic carbocycles. The van der Waals surface area contributed by atoms with Gasteiger partial charge in [-0.2, -0.15) is 0 Å². The van der Waals surface area contributed by atoms with Crippen molar-refractivity contribution in [1.29, 1.82) is 0 Å². The van der Waals surface area contributed by atoms with Gasteiger partial charge in [0.2, 0.25) is 0 Å². The third-order valence-electron chi connectivity index (χ3n) is 3.50. The lowest BCUT2D eigenvalue weighted by atomic mass is 10.1. The molecule has 5 heteroatoms. The van der Waals surface area contributed by atoms with Crippen molar-refractivity contribution in [1.82, 2.24) is 4.90 Å². The van der Waals surface area contributed by atoms with E-state index in [0.717, 1.165) is 29.0 Å². The van der Waals surface area contributed by atoms with Gasteiger partial charge in [0.05, 0.1) is 6.10 Å². The zero-order valence-electron chi connectivity index (χ0n) is 10.4. The molecule has 3 nitrogen and oxygen atoms in total. The van der Waals surface area contributed by atoms with Crippen LogP contribution in [0.15, 0.2) is 22.7 Å². The van der Waals surface area contributed by atoms with Crippen molar-refractivity contribution in [3.05, 3.63) is 33.3 Å². The van der Waals surface area contributed by atoms with Gasteiger partial charge < -0.3 is 10.5 Å². The molecule has 1 saturated heterocycles. The lowest BCUT2D eigenvalue weighted by Gasteiger charge is -2.27. The largest absolute Gasteiger partial charge is 0.380 e. The summed E-state index contributed by atoms with van der Waals surface area (Å²) in [5.74, 6) is 0. The Hall–Kier alpha value is -0.130. The first-order valence-corrected chi connectivity index (χ1v) is 7.24. The van der Waals surface area contributed by atoms with Crippen molar-refractivity contribution in [2.75, 3.05) is 26.7 Å². The van der Waals surface area contributed by atoms with Crippen LogP contribution in [-0.2, 0) is 4.74 Å². The highest BCUT2D eigenvalue weighted by molar-refractivity contribution is 9.10. The molecule has 1 heterocycles. The van der Waals surface area contributed by atoms with Crippen LogP contribution >= 0.6 is 27.5 Å². The Morgan fingerprint density at radius 3 is 2.94 bits per heavy atom. The molecule has 0 amide bonds. The highest BCUT2D eigenvalue weighted by Gasteiger charge is 2.29. The molecule has 1 aromatic rings. The molecule has 1 fully saturated rings. The first-order chi connectivity index (χ1) is 8.65. The fourth-order valence-electron chi connectivity index (χ4n) is 2.47. The summed E-state index contributed by atoms with van der Waals surface area (Å²) < 4.78 is 6.43. The summed E-state index contributed by atoms with van der Waals surface area (Å²) >= 11 is 9.55. The van der Waals surface area contributed by atoms with Gasteiger partial charge in [0, 0.05) is 42.3 Å². The van der Waals surface area contributed by atoms with E-state index < -0.39 is 0 Å². The van der Waals surface area contributed by atoms with Gasteiger partial charge in [-0.25, -0.2) is 0 Å². The standard InChI is InChI=1S/C13H18BrClN2O/c1-18-10-4-5-17(8-10)13(7-16)11-3-2-9(15)6-12(11)14/h2-3,6,10,13H,4-5,7-8,16H2,1H3. The van der Waals surface area contributed by atoms with E-state index in [2.05, 4.69) is 20.8 Å². The van der Waals surface area contributed by atoms with E-state index in [1.807, 2.05) is 18.2 Å². The summed E-state index contributed by atoms with van der Waals surface area (Å²) in [5, 5.41) is 0.734. The van der Waals surface area contributed by atoms with Crippen molar-refractivity contribution in [2.45, 2.75) is 18.6 Å². The molecule has 2 atom stereocenters. The number of ether oxygens (including phenoxy) is 1. The Balaban J connectivity index is 2.18. The third kappa shape index (κ3) is 3.06. The van der Waals surface area contributed by atoms with Gasteiger partial charge in [-0.15, -0.1) is 0 Å². The SMILES string of the molecule is COC1CCN(C(CN)c2ccc(Cl)cc2Br)C1. The predicted octanol–water partition coefficient (Wildman–Crippen LogP) is 2.82. The van der Waals surface area contributed by atoms with E-state index >= 15 is 0 Å². The molecule has 2 unspecified atom stereocenters. The van der Waals surface area contributed by atoms with Crippen LogP contribution in [0.2, 0.25) is 5.02 Å². The van der Waals surface area contributed by atoms with Crippen LogP contribution in [0.3, 0.4) is 0 Å². The summed E-state index contributed by atoms with van der Waals surface area (Å²) in [4.78, 5) is 2.38. The second-order valence-corrected chi connectivity index (χ2v) is 5.85. The number of hydrogen-bond donors (Lipinski definition) is 1. The molecule has 0 radical (unpaired) electrons. The van der Waals surface area contributed by atoms with Crippen molar-refractivity contribution in [3.8, 4) is 0 Å². The van der Waals surface area contributed by atoms with Crippen molar-refractivity contribution >= 4 is 27.5 Å². The van der Waals surface area contributed by atoms with Gasteiger partial charge in [-0.05, 0) is 24.1 Å². The maximum atomic E-state index is 5.98. The molecule has 0 aromatic heterocycles. The normalized spacial score (nSPS) is 22.3. The van der Waals surface area contributed by atoms with Crippen LogP contribution in [-0.4, -0.2) is 37.7 Å². The van der Waals surface area contributed by atoms with Crippen LogP contribution < -0.4 is 5.73 Å². The number of nitrogens with zero attached hydrogens (tertiary/aromatic N) is 1. The van der Waals surface area contributed by atoms with Crippen LogP contribution in [0.25, 0.3) is 0 Å². The molecule has 0 spiro atoms. The molecule has 0 bridgehead atoms. The molecule has 100 valence electrons. The van der Waals surface area contributed by atoms with E-state index in [1.165, 1.54) is 5.56 Å². The lowest BCUT2D eigenvalue weighted by Crippen LogP contribution is -2.33. The Morgan fingerprint density at radius 2 is 2.39 bits per heavy atom. The number of halogens is 2. The van der Waals surface area contributed by atoms with Gasteiger partial charge >= 0.3 is 0 Å². The number of nitrogens with two attached hydrogens (primary N) is 1. The van der Waals surface area contributed by atoms with E-state index in [0.29, 0.717) is 12.6 Å². The average molecular weight is 334 g/mol. The third-order valence-corrected chi connectivity index (χ3v) is 4.42. The van der Waals surface area contributed by atoms with Crippen LogP contribution in [0, 0.1) is 0 Å². The van der Waals surface area contributed by atoms with Gasteiger partial charge in [-0.3, -0.25) is 4.90 Å². The summed E-state index contributed by atoms with van der Waals surface area (Å²) in [5.41, 5.74) is 7.14. The van der Waals surface area contributed by atoms with E-state index in [9.17, 15) is 0 Å². The summed E-state index contributed by atoms with van der Waals surface area (Å²) in [6.45, 7) is 2.56. The number of methoxy groups -OCH3 is 1. The molecule has 0 aliphatic carbocycles. The highest BCUT2D eigenvalue weighted by Crippen LogP contribution is 2.32. The Morgan fingerprint density at radius 1 is 1.61 bits per heavy atom. The van der Waals surface area contributed by atoms with Gasteiger partial charge in [0.1, 0.15) is 0 Å². The first-order valence-electron chi connectivity index (χ1n) is 6.07. The fourth-order valence-corrected chi connectivity index (χ4v) is 3.42.